The van der Waals surface area contributed by atoms with Crippen molar-refractivity contribution in [2.24, 2.45) is 10.9 Å². The molecule has 0 heterocycles. The molecule has 0 amide bonds. The molecule has 4 nitrogen and oxygen atoms in total. The minimum absolute atomic E-state index is 0.235. The summed E-state index contributed by atoms with van der Waals surface area (Å²) >= 11 is 0. The Bertz CT molecular complexity index is 365. The molecule has 0 fully saturated rings. The summed E-state index contributed by atoms with van der Waals surface area (Å²) in [6.45, 7) is 3.66. The minimum Gasteiger partial charge on any atom is -0.409 e. The van der Waals surface area contributed by atoms with Crippen LogP contribution in [0.1, 0.15) is 19.8 Å². The van der Waals surface area contributed by atoms with Crippen molar-refractivity contribution < 1.29 is 9.60 Å². The van der Waals surface area contributed by atoms with E-state index < -0.39 is 0 Å². The van der Waals surface area contributed by atoms with Gasteiger partial charge in [0.1, 0.15) is 11.7 Å². The summed E-state index contributed by atoms with van der Waals surface area (Å²) in [5.41, 5.74) is 6.37. The number of oxime groups is 1. The first-order valence-corrected chi connectivity index (χ1v) is 5.64. The Labute approximate surface area is 101 Å². The van der Waals surface area contributed by atoms with E-state index in [1.807, 2.05) is 6.92 Å². The largest absolute Gasteiger partial charge is 0.409 e. The van der Waals surface area contributed by atoms with Crippen LogP contribution in [0.5, 0.6) is 0 Å². The highest BCUT2D eigenvalue weighted by atomic mass is 19.1. The molecule has 1 rings (SSSR count). The van der Waals surface area contributed by atoms with E-state index in [9.17, 15) is 4.39 Å². The molecule has 0 saturated carbocycles. The minimum atomic E-state index is -0.235. The van der Waals surface area contributed by atoms with Crippen LogP contribution >= 0.6 is 0 Å². The van der Waals surface area contributed by atoms with Crippen LogP contribution < -0.4 is 10.6 Å². The van der Waals surface area contributed by atoms with E-state index in [2.05, 4.69) is 10.1 Å². The number of halogens is 1. The second-order valence-electron chi connectivity index (χ2n) is 3.75. The van der Waals surface area contributed by atoms with Crippen LogP contribution in [0, 0.1) is 5.82 Å². The van der Waals surface area contributed by atoms with Crippen LogP contribution in [0.2, 0.25) is 0 Å². The molecule has 0 saturated heterocycles. The Balaban J connectivity index is 2.51. The second kappa shape index (κ2) is 6.73. The maximum atomic E-state index is 12.8. The third-order valence-electron chi connectivity index (χ3n) is 2.56. The summed E-state index contributed by atoms with van der Waals surface area (Å²) in [4.78, 5) is 2.12. The van der Waals surface area contributed by atoms with Crippen LogP contribution in [0.25, 0.3) is 0 Å². The van der Waals surface area contributed by atoms with Crippen LogP contribution in [0.4, 0.5) is 10.1 Å². The fourth-order valence-electron chi connectivity index (χ4n) is 1.62. The molecular weight excluding hydrogens is 221 g/mol. The van der Waals surface area contributed by atoms with Crippen molar-refractivity contribution in [1.29, 1.82) is 0 Å². The van der Waals surface area contributed by atoms with E-state index in [4.69, 9.17) is 10.9 Å². The Morgan fingerprint density at radius 3 is 2.59 bits per heavy atom. The number of benzene rings is 1. The van der Waals surface area contributed by atoms with Crippen molar-refractivity contribution in [2.45, 2.75) is 19.8 Å². The Morgan fingerprint density at radius 1 is 1.41 bits per heavy atom. The SMILES string of the molecule is CCN(CCCC(N)=NO)c1ccc(F)cc1. The first-order valence-electron chi connectivity index (χ1n) is 5.64. The first-order chi connectivity index (χ1) is 8.17. The molecule has 1 aromatic rings. The highest BCUT2D eigenvalue weighted by Gasteiger charge is 2.04. The van der Waals surface area contributed by atoms with Gasteiger partial charge in [-0.25, -0.2) is 4.39 Å². The zero-order valence-electron chi connectivity index (χ0n) is 9.93. The summed E-state index contributed by atoms with van der Waals surface area (Å²) in [6.07, 6.45) is 1.34. The van der Waals surface area contributed by atoms with E-state index in [1.54, 1.807) is 12.1 Å². The molecule has 1 aromatic carbocycles. The Kier molecular flexibility index (Phi) is 5.26. The standard InChI is InChI=1S/C12H18FN3O/c1-2-16(9-3-4-12(14)15-17)11-7-5-10(13)6-8-11/h5-8,17H,2-4,9H2,1H3,(H2,14,15). The fourth-order valence-corrected chi connectivity index (χ4v) is 1.62. The Hall–Kier alpha value is -1.78. The third kappa shape index (κ3) is 4.30. The van der Waals surface area contributed by atoms with Gasteiger partial charge >= 0.3 is 0 Å². The lowest BCUT2D eigenvalue weighted by molar-refractivity contribution is 0.316. The lowest BCUT2D eigenvalue weighted by Gasteiger charge is -2.22. The van der Waals surface area contributed by atoms with E-state index in [1.165, 1.54) is 12.1 Å². The van der Waals surface area contributed by atoms with Gasteiger partial charge in [-0.15, -0.1) is 0 Å². The van der Waals surface area contributed by atoms with Crippen LogP contribution in [-0.2, 0) is 0 Å². The molecule has 0 radical (unpaired) electrons. The smallest absolute Gasteiger partial charge is 0.139 e. The average Bonchev–Trinajstić information content (AvgIpc) is 2.35. The van der Waals surface area contributed by atoms with Crippen molar-refractivity contribution in [3.8, 4) is 0 Å². The summed E-state index contributed by atoms with van der Waals surface area (Å²) < 4.78 is 12.8. The zero-order valence-corrected chi connectivity index (χ0v) is 9.93. The van der Waals surface area contributed by atoms with Crippen LogP contribution in [0.3, 0.4) is 0 Å². The average molecular weight is 239 g/mol. The molecule has 0 bridgehead atoms. The number of nitrogens with zero attached hydrogens (tertiary/aromatic N) is 2. The van der Waals surface area contributed by atoms with E-state index in [0.717, 1.165) is 25.2 Å². The molecule has 0 aliphatic carbocycles. The number of nitrogens with two attached hydrogens (primary N) is 1. The molecule has 0 aromatic heterocycles. The maximum Gasteiger partial charge on any atom is 0.139 e. The highest BCUT2D eigenvalue weighted by molar-refractivity contribution is 5.79. The molecule has 0 unspecified atom stereocenters. The van der Waals surface area contributed by atoms with Gasteiger partial charge in [-0.05, 0) is 37.6 Å². The molecule has 0 atom stereocenters. The van der Waals surface area contributed by atoms with Crippen LogP contribution in [0.15, 0.2) is 29.4 Å². The van der Waals surface area contributed by atoms with Gasteiger partial charge in [-0.3, -0.25) is 0 Å². The molecule has 3 N–H and O–H groups in total. The monoisotopic (exact) mass is 239 g/mol. The van der Waals surface area contributed by atoms with E-state index >= 15 is 0 Å². The molecule has 0 aliphatic heterocycles. The summed E-state index contributed by atoms with van der Waals surface area (Å²) in [5.74, 6) is 0.00150. The van der Waals surface area contributed by atoms with Gasteiger partial charge in [0, 0.05) is 25.2 Å². The lowest BCUT2D eigenvalue weighted by atomic mass is 10.2. The van der Waals surface area contributed by atoms with E-state index in [-0.39, 0.29) is 11.7 Å². The molecule has 0 aliphatic rings. The molecule has 94 valence electrons. The van der Waals surface area contributed by atoms with Crippen LogP contribution in [-0.4, -0.2) is 24.1 Å². The summed E-state index contributed by atoms with van der Waals surface area (Å²) in [5, 5.41) is 11.3. The van der Waals surface area contributed by atoms with Gasteiger partial charge in [0.25, 0.3) is 0 Å². The van der Waals surface area contributed by atoms with Crippen molar-refractivity contribution in [2.75, 3.05) is 18.0 Å². The van der Waals surface area contributed by atoms with Gasteiger partial charge in [-0.2, -0.15) is 0 Å². The number of rotatable bonds is 6. The second-order valence-corrected chi connectivity index (χ2v) is 3.75. The number of anilines is 1. The summed E-state index contributed by atoms with van der Waals surface area (Å²) in [7, 11) is 0. The van der Waals surface area contributed by atoms with Crippen molar-refractivity contribution in [3.05, 3.63) is 30.1 Å². The number of amidine groups is 1. The van der Waals surface area contributed by atoms with Gasteiger partial charge in [0.2, 0.25) is 0 Å². The predicted molar refractivity (Wildman–Crippen MR) is 66.9 cm³/mol. The van der Waals surface area contributed by atoms with Gasteiger partial charge in [-0.1, -0.05) is 5.16 Å². The Morgan fingerprint density at radius 2 is 2.06 bits per heavy atom. The van der Waals surface area contributed by atoms with Crippen molar-refractivity contribution in [1.82, 2.24) is 0 Å². The normalized spacial score (nSPS) is 11.5. The molecular formula is C12H18FN3O. The quantitative estimate of drug-likeness (QED) is 0.346. The zero-order chi connectivity index (χ0) is 12.7. The highest BCUT2D eigenvalue weighted by Crippen LogP contribution is 2.15. The first kappa shape index (κ1) is 13.3. The molecule has 0 spiro atoms. The predicted octanol–water partition coefficient (Wildman–Crippen LogP) is 2.18. The molecule has 17 heavy (non-hydrogen) atoms. The fraction of sp³-hybridized carbons (Fsp3) is 0.417. The summed E-state index contributed by atoms with van der Waals surface area (Å²) in [6, 6.07) is 6.40. The topological polar surface area (TPSA) is 61.8 Å². The number of hydrogen-bond acceptors (Lipinski definition) is 3. The van der Waals surface area contributed by atoms with E-state index in [0.29, 0.717) is 6.42 Å². The third-order valence-corrected chi connectivity index (χ3v) is 2.56. The van der Waals surface area contributed by atoms with Gasteiger partial charge in [0.15, 0.2) is 0 Å². The lowest BCUT2D eigenvalue weighted by Crippen LogP contribution is -2.25. The van der Waals surface area contributed by atoms with Gasteiger partial charge < -0.3 is 15.8 Å². The maximum absolute atomic E-state index is 12.8. The van der Waals surface area contributed by atoms with Crippen molar-refractivity contribution in [3.63, 3.8) is 0 Å². The number of hydrogen-bond donors (Lipinski definition) is 2. The van der Waals surface area contributed by atoms with Crippen molar-refractivity contribution >= 4 is 11.5 Å². The van der Waals surface area contributed by atoms with Gasteiger partial charge in [0.05, 0.1) is 0 Å². The molecule has 5 heteroatoms.